The number of carbonyl (C=O) groups excluding carboxylic acids is 1. The second-order valence-electron chi connectivity index (χ2n) is 5.77. The van der Waals surface area contributed by atoms with Crippen molar-refractivity contribution in [1.82, 2.24) is 0 Å². The van der Waals surface area contributed by atoms with E-state index in [9.17, 15) is 4.79 Å². The first kappa shape index (κ1) is 15.3. The molecule has 0 spiro atoms. The van der Waals surface area contributed by atoms with Crippen molar-refractivity contribution in [2.75, 3.05) is 0 Å². The first-order valence-electron chi connectivity index (χ1n) is 7.81. The number of benzene rings is 2. The molecule has 2 aromatic carbocycles. The highest BCUT2D eigenvalue weighted by molar-refractivity contribution is 9.10. The molecule has 0 atom stereocenters. The molecule has 0 amide bonds. The molecule has 114 valence electrons. The Kier molecular flexibility index (Phi) is 4.94. The third-order valence-electron chi connectivity index (χ3n) is 4.19. The average molecular weight is 359 g/mol. The van der Waals surface area contributed by atoms with Crippen molar-refractivity contribution in [3.8, 4) is 16.9 Å². The van der Waals surface area contributed by atoms with Gasteiger partial charge in [0, 0.05) is 0 Å². The number of esters is 1. The molecule has 2 nitrogen and oxygen atoms in total. The molecule has 3 rings (SSSR count). The predicted octanol–water partition coefficient (Wildman–Crippen LogP) is 5.60. The second kappa shape index (κ2) is 7.10. The van der Waals surface area contributed by atoms with E-state index in [1.165, 1.54) is 6.42 Å². The van der Waals surface area contributed by atoms with Crippen molar-refractivity contribution < 1.29 is 9.53 Å². The molecule has 1 aliphatic carbocycles. The number of ether oxygens (including phenoxy) is 1. The van der Waals surface area contributed by atoms with E-state index >= 15 is 0 Å². The zero-order valence-corrected chi connectivity index (χ0v) is 14.0. The van der Waals surface area contributed by atoms with E-state index in [-0.39, 0.29) is 11.9 Å². The van der Waals surface area contributed by atoms with Crippen LogP contribution in [0.4, 0.5) is 0 Å². The smallest absolute Gasteiger partial charge is 0.314 e. The molecule has 0 unspecified atom stereocenters. The van der Waals surface area contributed by atoms with Gasteiger partial charge in [0.05, 0.1) is 10.4 Å². The lowest BCUT2D eigenvalue weighted by Crippen LogP contribution is -2.22. The van der Waals surface area contributed by atoms with Crippen LogP contribution in [0.3, 0.4) is 0 Å². The van der Waals surface area contributed by atoms with Crippen LogP contribution in [0, 0.1) is 5.92 Å². The third-order valence-corrected chi connectivity index (χ3v) is 4.81. The molecular weight excluding hydrogens is 340 g/mol. The Labute approximate surface area is 139 Å². The van der Waals surface area contributed by atoms with Crippen molar-refractivity contribution >= 4 is 21.9 Å². The Morgan fingerprint density at radius 1 is 0.955 bits per heavy atom. The fourth-order valence-corrected chi connectivity index (χ4v) is 3.38. The Hall–Kier alpha value is -1.61. The first-order chi connectivity index (χ1) is 10.7. The highest BCUT2D eigenvalue weighted by Crippen LogP contribution is 2.32. The van der Waals surface area contributed by atoms with Crippen LogP contribution in [-0.4, -0.2) is 5.97 Å². The minimum Gasteiger partial charge on any atom is -0.425 e. The quantitative estimate of drug-likeness (QED) is 0.527. The number of carbonyl (C=O) groups is 1. The molecular formula is C19H19BrO2. The Bertz CT molecular complexity index is 646. The summed E-state index contributed by atoms with van der Waals surface area (Å²) in [7, 11) is 0. The van der Waals surface area contributed by atoms with Crippen LogP contribution >= 0.6 is 15.9 Å². The molecule has 2 aromatic rings. The Morgan fingerprint density at radius 2 is 1.68 bits per heavy atom. The van der Waals surface area contributed by atoms with E-state index in [0.29, 0.717) is 5.75 Å². The molecule has 0 aromatic heterocycles. The predicted molar refractivity (Wildman–Crippen MR) is 91.8 cm³/mol. The van der Waals surface area contributed by atoms with Gasteiger partial charge in [0.2, 0.25) is 0 Å². The largest absolute Gasteiger partial charge is 0.425 e. The van der Waals surface area contributed by atoms with Gasteiger partial charge in [-0.3, -0.25) is 4.79 Å². The van der Waals surface area contributed by atoms with Crippen molar-refractivity contribution in [3.05, 3.63) is 53.0 Å². The zero-order chi connectivity index (χ0) is 15.4. The summed E-state index contributed by atoms with van der Waals surface area (Å²) in [5.74, 6) is 0.581. The van der Waals surface area contributed by atoms with E-state index in [4.69, 9.17) is 4.74 Å². The molecule has 0 heterocycles. The van der Waals surface area contributed by atoms with E-state index in [1.54, 1.807) is 0 Å². The molecule has 0 radical (unpaired) electrons. The summed E-state index contributed by atoms with van der Waals surface area (Å²) >= 11 is 3.52. The summed E-state index contributed by atoms with van der Waals surface area (Å²) in [6.45, 7) is 0. The summed E-state index contributed by atoms with van der Waals surface area (Å²) < 4.78 is 6.41. The lowest BCUT2D eigenvalue weighted by molar-refractivity contribution is -0.140. The van der Waals surface area contributed by atoms with E-state index in [2.05, 4.69) is 28.1 Å². The summed E-state index contributed by atoms with van der Waals surface area (Å²) in [6, 6.07) is 16.0. The molecule has 0 bridgehead atoms. The summed E-state index contributed by atoms with van der Waals surface area (Å²) in [5, 5.41) is 0. The van der Waals surface area contributed by atoms with Crippen LogP contribution < -0.4 is 4.74 Å². The van der Waals surface area contributed by atoms with Gasteiger partial charge in [-0.15, -0.1) is 0 Å². The van der Waals surface area contributed by atoms with Gasteiger partial charge in [-0.2, -0.15) is 0 Å². The second-order valence-corrected chi connectivity index (χ2v) is 6.62. The monoisotopic (exact) mass is 358 g/mol. The van der Waals surface area contributed by atoms with Crippen molar-refractivity contribution in [1.29, 1.82) is 0 Å². The number of halogens is 1. The average Bonchev–Trinajstić information content (AvgIpc) is 2.58. The fourth-order valence-electron chi connectivity index (χ4n) is 2.92. The highest BCUT2D eigenvalue weighted by atomic mass is 79.9. The summed E-state index contributed by atoms with van der Waals surface area (Å²) in [6.07, 6.45) is 5.41. The van der Waals surface area contributed by atoms with Crippen LogP contribution in [0.15, 0.2) is 53.0 Å². The van der Waals surface area contributed by atoms with Crippen LogP contribution in [0.5, 0.6) is 5.75 Å². The Morgan fingerprint density at radius 3 is 2.36 bits per heavy atom. The van der Waals surface area contributed by atoms with Crippen LogP contribution in [0.25, 0.3) is 11.1 Å². The maximum absolute atomic E-state index is 12.2. The normalized spacial score (nSPS) is 15.5. The highest BCUT2D eigenvalue weighted by Gasteiger charge is 2.23. The van der Waals surface area contributed by atoms with Gasteiger partial charge in [-0.25, -0.2) is 0 Å². The minimum absolute atomic E-state index is 0.0643. The Balaban J connectivity index is 1.73. The summed E-state index contributed by atoms with van der Waals surface area (Å²) in [5.41, 5.74) is 2.25. The molecule has 0 N–H and O–H groups in total. The zero-order valence-electron chi connectivity index (χ0n) is 12.4. The standard InChI is InChI=1S/C19H19BrO2/c20-17-13-16(14-7-3-1-4-8-14)11-12-18(17)22-19(21)15-9-5-2-6-10-15/h1,3-4,7-8,11-13,15H,2,5-6,9-10H2. The molecule has 1 saturated carbocycles. The van der Waals surface area contributed by atoms with Crippen LogP contribution in [0.2, 0.25) is 0 Å². The van der Waals surface area contributed by atoms with Crippen LogP contribution in [0.1, 0.15) is 32.1 Å². The van der Waals surface area contributed by atoms with Gasteiger partial charge >= 0.3 is 5.97 Å². The molecule has 3 heteroatoms. The maximum atomic E-state index is 12.2. The molecule has 22 heavy (non-hydrogen) atoms. The van der Waals surface area contributed by atoms with Gasteiger partial charge in [-0.1, -0.05) is 55.7 Å². The van der Waals surface area contributed by atoms with E-state index in [0.717, 1.165) is 41.3 Å². The van der Waals surface area contributed by atoms with Gasteiger partial charge in [-0.05, 0) is 52.0 Å². The molecule has 1 aliphatic rings. The number of rotatable bonds is 3. The maximum Gasteiger partial charge on any atom is 0.314 e. The van der Waals surface area contributed by atoms with Crippen molar-refractivity contribution in [2.24, 2.45) is 5.92 Å². The summed E-state index contributed by atoms with van der Waals surface area (Å²) in [4.78, 5) is 12.2. The van der Waals surface area contributed by atoms with E-state index in [1.807, 2.05) is 36.4 Å². The van der Waals surface area contributed by atoms with Gasteiger partial charge < -0.3 is 4.74 Å². The van der Waals surface area contributed by atoms with Crippen molar-refractivity contribution in [3.63, 3.8) is 0 Å². The fraction of sp³-hybridized carbons (Fsp3) is 0.316. The topological polar surface area (TPSA) is 26.3 Å². The van der Waals surface area contributed by atoms with Crippen LogP contribution in [-0.2, 0) is 4.79 Å². The number of hydrogen-bond donors (Lipinski definition) is 0. The first-order valence-corrected chi connectivity index (χ1v) is 8.60. The molecule has 0 aliphatic heterocycles. The SMILES string of the molecule is O=C(Oc1ccc(-c2ccccc2)cc1Br)C1CCCCC1. The van der Waals surface area contributed by atoms with Crippen molar-refractivity contribution in [2.45, 2.75) is 32.1 Å². The third kappa shape index (κ3) is 3.58. The number of hydrogen-bond acceptors (Lipinski definition) is 2. The molecule has 1 fully saturated rings. The molecule has 0 saturated heterocycles. The van der Waals surface area contributed by atoms with Gasteiger partial charge in [0.25, 0.3) is 0 Å². The van der Waals surface area contributed by atoms with Gasteiger partial charge in [0.1, 0.15) is 5.75 Å². The minimum atomic E-state index is -0.0899. The lowest BCUT2D eigenvalue weighted by atomic mass is 9.89. The van der Waals surface area contributed by atoms with Gasteiger partial charge in [0.15, 0.2) is 0 Å². The van der Waals surface area contributed by atoms with E-state index < -0.39 is 0 Å². The lowest BCUT2D eigenvalue weighted by Gasteiger charge is -2.20.